The van der Waals surface area contributed by atoms with Crippen molar-refractivity contribution < 1.29 is 28.6 Å². The summed E-state index contributed by atoms with van der Waals surface area (Å²) in [5, 5.41) is 22.8. The first kappa shape index (κ1) is 30.6. The Balaban J connectivity index is 1.60. The van der Waals surface area contributed by atoms with Crippen molar-refractivity contribution in [2.24, 2.45) is 11.8 Å². The number of rotatable bonds is 5. The molecule has 0 fully saturated rings. The van der Waals surface area contributed by atoms with Crippen molar-refractivity contribution in [3.05, 3.63) is 76.5 Å². The maximum absolute atomic E-state index is 14.0. The Kier molecular flexibility index (Phi) is 7.42. The van der Waals surface area contributed by atoms with E-state index in [1.165, 1.54) is 0 Å². The number of hydrogen-bond donors (Lipinski definition) is 5. The summed E-state index contributed by atoms with van der Waals surface area (Å²) in [6.07, 6.45) is -1.77. The van der Waals surface area contributed by atoms with E-state index in [9.17, 15) is 19.5 Å². The minimum atomic E-state index is -1.28. The molecule has 3 unspecified atom stereocenters. The van der Waals surface area contributed by atoms with E-state index < -0.39 is 53.1 Å². The lowest BCUT2D eigenvalue weighted by Gasteiger charge is -2.29. The number of para-hydroxylation sites is 1. The second kappa shape index (κ2) is 10.9. The Hall–Kier alpha value is -4.38. The minimum absolute atomic E-state index is 0.106. The van der Waals surface area contributed by atoms with Crippen molar-refractivity contribution in [2.75, 3.05) is 5.32 Å². The number of benzene rings is 2. The number of hydrogen-bond acceptors (Lipinski definition) is 8. The molecular weight excluding hydrogens is 574 g/mol. The molecule has 5 N–H and O–H groups in total. The smallest absolute Gasteiger partial charge is 0.273 e. The zero-order valence-corrected chi connectivity index (χ0v) is 26.6. The number of carbonyl (C=O) groups excluding carboxylic acids is 3. The molecule has 3 amide bonds. The van der Waals surface area contributed by atoms with Gasteiger partial charge in [0, 0.05) is 23.2 Å². The number of fused-ring (bicyclic) bond motifs is 4. The molecular formula is C34H41N5O6. The fraction of sp³-hybridized carbons (Fsp3) is 0.471. The molecule has 2 aromatic carbocycles. The standard InChI is InChI=1S/C34H41N5O6/c1-16(2)24-31-38-25(29(42)39-33(5,6)7)27(45-31)34-19-10-8-9-11-21(19)36-32(34)44-23-13-12-18(14-20(23)34)15-22(28(41)37-24)35-30(43)26(40)17(3)4/h8-14,16-17,22,24,26,32,36,40H,15H2,1-7H3,(H,35,43)(H,37,41)(H,39,42)/t22-,24-,26?,32?,34?/m0/s1. The monoisotopic (exact) mass is 615 g/mol. The first-order chi connectivity index (χ1) is 21.2. The predicted octanol–water partition coefficient (Wildman–Crippen LogP) is 3.55. The van der Waals surface area contributed by atoms with E-state index in [4.69, 9.17) is 14.1 Å². The SMILES string of the molecule is CC(C)C(O)C(=O)N[C@H]1Cc2ccc3c(c2)C2(c4ccccc4NC2O3)c2oc(nc2C(=O)NC(C)(C)C)[C@H](C(C)C)NC1=O. The van der Waals surface area contributed by atoms with Crippen LogP contribution in [0.1, 0.15) is 93.3 Å². The molecule has 3 aliphatic heterocycles. The maximum atomic E-state index is 14.0. The average Bonchev–Trinajstić information content (AvgIpc) is 3.62. The fourth-order valence-electron chi connectivity index (χ4n) is 6.42. The number of carbonyl (C=O) groups is 3. The summed E-state index contributed by atoms with van der Waals surface area (Å²) in [6.45, 7) is 13.0. The molecule has 0 saturated carbocycles. The van der Waals surface area contributed by atoms with E-state index >= 15 is 0 Å². The highest BCUT2D eigenvalue weighted by Crippen LogP contribution is 2.58. The molecule has 6 rings (SSSR count). The van der Waals surface area contributed by atoms with Crippen LogP contribution in [0, 0.1) is 11.8 Å². The Bertz CT molecular complexity index is 1670. The van der Waals surface area contributed by atoms with E-state index in [2.05, 4.69) is 21.3 Å². The van der Waals surface area contributed by atoms with Gasteiger partial charge < -0.3 is 35.5 Å². The van der Waals surface area contributed by atoms with Gasteiger partial charge in [0.15, 0.2) is 17.7 Å². The van der Waals surface area contributed by atoms with E-state index in [-0.39, 0.29) is 29.8 Å². The number of aliphatic hydroxyl groups is 1. The first-order valence-electron chi connectivity index (χ1n) is 15.5. The highest BCUT2D eigenvalue weighted by Gasteiger charge is 2.61. The minimum Gasteiger partial charge on any atom is -0.469 e. The molecule has 238 valence electrons. The van der Waals surface area contributed by atoms with Crippen LogP contribution in [-0.4, -0.2) is 51.7 Å². The zero-order valence-electron chi connectivity index (χ0n) is 26.6. The second-order valence-electron chi connectivity index (χ2n) is 13.9. The number of ether oxygens (including phenoxy) is 1. The van der Waals surface area contributed by atoms with Crippen molar-refractivity contribution in [2.45, 2.75) is 90.3 Å². The fourth-order valence-corrected chi connectivity index (χ4v) is 6.42. The lowest BCUT2D eigenvalue weighted by atomic mass is 9.72. The van der Waals surface area contributed by atoms with Crippen molar-refractivity contribution in [1.29, 1.82) is 0 Å². The molecule has 0 saturated heterocycles. The van der Waals surface area contributed by atoms with Gasteiger partial charge in [0.2, 0.25) is 17.7 Å². The van der Waals surface area contributed by atoms with Crippen molar-refractivity contribution in [3.8, 4) is 5.75 Å². The number of nitrogens with one attached hydrogen (secondary N) is 4. The van der Waals surface area contributed by atoms with Crippen molar-refractivity contribution in [1.82, 2.24) is 20.9 Å². The normalized spacial score (nSPS) is 24.0. The van der Waals surface area contributed by atoms with Crippen LogP contribution in [0.5, 0.6) is 5.75 Å². The third-order valence-electron chi connectivity index (χ3n) is 8.65. The second-order valence-corrected chi connectivity index (χ2v) is 13.9. The molecule has 4 bridgehead atoms. The van der Waals surface area contributed by atoms with Gasteiger partial charge in [-0.1, -0.05) is 58.0 Å². The van der Waals surface area contributed by atoms with Gasteiger partial charge in [0.05, 0.1) is 0 Å². The molecule has 0 aliphatic carbocycles. The molecule has 1 spiro atoms. The summed E-state index contributed by atoms with van der Waals surface area (Å²) in [7, 11) is 0. The van der Waals surface area contributed by atoms with Crippen LogP contribution >= 0.6 is 0 Å². The zero-order chi connectivity index (χ0) is 32.4. The summed E-state index contributed by atoms with van der Waals surface area (Å²) in [6, 6.07) is 11.7. The number of oxazole rings is 1. The van der Waals surface area contributed by atoms with Crippen LogP contribution in [-0.2, 0) is 21.4 Å². The molecule has 11 nitrogen and oxygen atoms in total. The maximum Gasteiger partial charge on any atom is 0.273 e. The van der Waals surface area contributed by atoms with Gasteiger partial charge in [-0.2, -0.15) is 0 Å². The molecule has 3 aromatic rings. The number of aromatic nitrogens is 1. The molecule has 3 aliphatic rings. The van der Waals surface area contributed by atoms with Crippen molar-refractivity contribution >= 4 is 23.4 Å². The number of amides is 3. The van der Waals surface area contributed by atoms with Crippen LogP contribution in [0.3, 0.4) is 0 Å². The summed E-state index contributed by atoms with van der Waals surface area (Å²) in [5.41, 5.74) is 1.67. The van der Waals surface area contributed by atoms with E-state index in [1.54, 1.807) is 13.8 Å². The number of nitrogens with zero attached hydrogens (tertiary/aromatic N) is 1. The van der Waals surface area contributed by atoms with Crippen molar-refractivity contribution in [3.63, 3.8) is 0 Å². The summed E-state index contributed by atoms with van der Waals surface area (Å²) in [4.78, 5) is 45.7. The van der Waals surface area contributed by atoms with Gasteiger partial charge in [-0.05, 0) is 55.9 Å². The lowest BCUT2D eigenvalue weighted by Crippen LogP contribution is -2.52. The van der Waals surface area contributed by atoms with Crippen LogP contribution in [0.2, 0.25) is 0 Å². The molecule has 0 radical (unpaired) electrons. The third-order valence-corrected chi connectivity index (χ3v) is 8.65. The topological polar surface area (TPSA) is 155 Å². The quantitative estimate of drug-likeness (QED) is 0.292. The molecule has 45 heavy (non-hydrogen) atoms. The molecule has 4 heterocycles. The van der Waals surface area contributed by atoms with E-state index in [1.807, 2.05) is 77.1 Å². The number of aliphatic hydroxyl groups excluding tert-OH is 1. The van der Waals surface area contributed by atoms with Crippen LogP contribution in [0.4, 0.5) is 5.69 Å². The predicted molar refractivity (Wildman–Crippen MR) is 167 cm³/mol. The van der Waals surface area contributed by atoms with E-state index in [0.29, 0.717) is 11.5 Å². The third kappa shape index (κ3) is 5.12. The average molecular weight is 616 g/mol. The molecule has 5 atom stereocenters. The summed E-state index contributed by atoms with van der Waals surface area (Å²) < 4.78 is 13.2. The van der Waals surface area contributed by atoms with Crippen LogP contribution in [0.15, 0.2) is 46.9 Å². The van der Waals surface area contributed by atoms with Gasteiger partial charge in [-0.15, -0.1) is 0 Å². The van der Waals surface area contributed by atoms with Gasteiger partial charge in [0.1, 0.15) is 29.4 Å². The molecule has 1 aromatic heterocycles. The molecule has 11 heteroatoms. The van der Waals surface area contributed by atoms with Crippen LogP contribution < -0.4 is 26.0 Å². The Morgan fingerprint density at radius 3 is 2.49 bits per heavy atom. The lowest BCUT2D eigenvalue weighted by molar-refractivity contribution is -0.135. The Morgan fingerprint density at radius 1 is 1.07 bits per heavy atom. The van der Waals surface area contributed by atoms with Gasteiger partial charge >= 0.3 is 0 Å². The largest absolute Gasteiger partial charge is 0.469 e. The highest BCUT2D eigenvalue weighted by atomic mass is 16.5. The number of anilines is 1. The highest BCUT2D eigenvalue weighted by molar-refractivity contribution is 5.95. The van der Waals surface area contributed by atoms with E-state index in [0.717, 1.165) is 22.4 Å². The Morgan fingerprint density at radius 2 is 1.80 bits per heavy atom. The van der Waals surface area contributed by atoms with Gasteiger partial charge in [-0.25, -0.2) is 4.98 Å². The van der Waals surface area contributed by atoms with Gasteiger partial charge in [-0.3, -0.25) is 14.4 Å². The summed E-state index contributed by atoms with van der Waals surface area (Å²) >= 11 is 0. The first-order valence-corrected chi connectivity index (χ1v) is 15.5. The van der Waals surface area contributed by atoms with Gasteiger partial charge in [0.25, 0.3) is 5.91 Å². The van der Waals surface area contributed by atoms with Crippen LogP contribution in [0.25, 0.3) is 0 Å². The summed E-state index contributed by atoms with van der Waals surface area (Å²) in [5.74, 6) is -0.950. The Labute approximate surface area is 262 Å².